The fraction of sp³-hybridized carbons (Fsp3) is 0.600. The summed E-state index contributed by atoms with van der Waals surface area (Å²) < 4.78 is 2.26. The van der Waals surface area contributed by atoms with Crippen LogP contribution in [0.4, 0.5) is 16.4 Å². The quantitative estimate of drug-likeness (QED) is 0.180. The fourth-order valence-corrected chi connectivity index (χ4v) is 6.06. The van der Waals surface area contributed by atoms with E-state index in [1.54, 1.807) is 6.92 Å². The highest BCUT2D eigenvalue weighted by Gasteiger charge is 2.25. The van der Waals surface area contributed by atoms with Crippen molar-refractivity contribution in [2.75, 3.05) is 70.3 Å². The number of thiophene rings is 1. The topological polar surface area (TPSA) is 75.5 Å². The van der Waals surface area contributed by atoms with Crippen molar-refractivity contribution in [3.63, 3.8) is 0 Å². The predicted octanol–water partition coefficient (Wildman–Crippen LogP) is 7.08. The van der Waals surface area contributed by atoms with Crippen molar-refractivity contribution in [2.45, 2.75) is 55.4 Å². The molecule has 1 aromatic heterocycles. The molecule has 2 aromatic rings. The zero-order valence-electron chi connectivity index (χ0n) is 24.8. The minimum absolute atomic E-state index is 0.435. The molecule has 0 aliphatic rings. The number of hydrogen-bond donors (Lipinski definition) is 0. The Hall–Kier alpha value is -2.78. The first-order valence-corrected chi connectivity index (χ1v) is 14.9. The maximum Gasteiger partial charge on any atom is 0.158 e. The van der Waals surface area contributed by atoms with E-state index in [0.29, 0.717) is 21.0 Å². The lowest BCUT2D eigenvalue weighted by atomic mass is 10.1. The Bertz CT molecular complexity index is 1120. The Kier molecular flexibility index (Phi) is 11.9. The van der Waals surface area contributed by atoms with E-state index in [-0.39, 0.29) is 0 Å². The molecule has 0 aliphatic carbocycles. The largest absolute Gasteiger partial charge is 0.360 e. The zero-order chi connectivity index (χ0) is 28.3. The highest BCUT2D eigenvalue weighted by Crippen LogP contribution is 2.36. The summed E-state index contributed by atoms with van der Waals surface area (Å²) in [5.74, 6) is 0. The van der Waals surface area contributed by atoms with Gasteiger partial charge < -0.3 is 13.9 Å². The molecule has 0 atom stereocenters. The van der Waals surface area contributed by atoms with Crippen LogP contribution in [0.25, 0.3) is 0 Å². The van der Waals surface area contributed by atoms with Gasteiger partial charge >= 0.3 is 0 Å². The van der Waals surface area contributed by atoms with Crippen LogP contribution < -0.4 is 4.90 Å². The third kappa shape index (κ3) is 7.20. The Balaban J connectivity index is 2.36. The number of likely N-dealkylation sites (N-methyl/N-ethyl adjacent to an activating group) is 2. The van der Waals surface area contributed by atoms with Crippen LogP contribution in [-0.4, -0.2) is 74.4 Å². The summed E-state index contributed by atoms with van der Waals surface area (Å²) in [6.07, 6.45) is 0. The maximum absolute atomic E-state index is 9.52. The lowest BCUT2D eigenvalue weighted by Gasteiger charge is -2.40. The molecule has 1 heterocycles. The van der Waals surface area contributed by atoms with E-state index >= 15 is 0 Å². The monoisotopic (exact) mass is 537 g/mol. The minimum atomic E-state index is 0.435. The summed E-state index contributed by atoms with van der Waals surface area (Å²) >= 11 is 1.22. The van der Waals surface area contributed by atoms with Crippen LogP contribution in [-0.2, 0) is 0 Å². The number of rotatable bonds is 15. The summed E-state index contributed by atoms with van der Waals surface area (Å²) in [6.45, 7) is 28.9. The van der Waals surface area contributed by atoms with Gasteiger partial charge in [-0.05, 0) is 84.7 Å². The molecule has 0 spiro atoms. The van der Waals surface area contributed by atoms with Crippen LogP contribution in [0.2, 0.25) is 0 Å². The molecule has 0 fully saturated rings. The summed E-state index contributed by atoms with van der Waals surface area (Å²) in [4.78, 5) is 3.07. The predicted molar refractivity (Wildman–Crippen MR) is 160 cm³/mol. The van der Waals surface area contributed by atoms with Crippen LogP contribution in [0.3, 0.4) is 0 Å². The highest BCUT2D eigenvalue weighted by atomic mass is 32.1. The van der Waals surface area contributed by atoms with Crippen molar-refractivity contribution in [2.24, 2.45) is 10.2 Å². The second-order valence-electron chi connectivity index (χ2n) is 10.1. The summed E-state index contributed by atoms with van der Waals surface area (Å²) in [5, 5.41) is 28.2. The van der Waals surface area contributed by atoms with Gasteiger partial charge in [-0.25, -0.2) is 0 Å². The Morgan fingerprint density at radius 1 is 0.789 bits per heavy atom. The summed E-state index contributed by atoms with van der Waals surface area (Å²) in [6, 6.07) is 10.7. The first-order valence-electron chi connectivity index (χ1n) is 14.1. The molecule has 2 rings (SSSR count). The van der Waals surface area contributed by atoms with E-state index in [2.05, 4.69) is 87.9 Å². The molecule has 38 heavy (non-hydrogen) atoms. The standard InChI is InChI=1S/C30H47N7S/c1-9-36(10-2,11-3)19-17-35(18-20-37(12-4,13-5)14-6)26-15-16-28(24(7)21-26)33-34-30-27(22-31)25(8)29(23-32)38-30/h15-16,21H,9-14,17-20H2,1-8H3/q+2/b34-33+. The third-order valence-corrected chi connectivity index (χ3v) is 9.93. The number of aryl methyl sites for hydroxylation is 1. The average molecular weight is 538 g/mol. The van der Waals surface area contributed by atoms with Crippen LogP contribution in [0.5, 0.6) is 0 Å². The van der Waals surface area contributed by atoms with Gasteiger partial charge in [0.2, 0.25) is 0 Å². The van der Waals surface area contributed by atoms with E-state index in [1.165, 1.54) is 17.0 Å². The van der Waals surface area contributed by atoms with Gasteiger partial charge in [-0.15, -0.1) is 21.6 Å². The average Bonchev–Trinajstić information content (AvgIpc) is 3.26. The van der Waals surface area contributed by atoms with Crippen LogP contribution >= 0.6 is 11.3 Å². The van der Waals surface area contributed by atoms with Crippen molar-refractivity contribution in [1.29, 1.82) is 10.5 Å². The summed E-state index contributed by atoms with van der Waals surface area (Å²) in [5.41, 5.74) is 4.17. The van der Waals surface area contributed by atoms with E-state index in [9.17, 15) is 10.5 Å². The third-order valence-electron chi connectivity index (χ3n) is 8.85. The number of benzene rings is 1. The van der Waals surface area contributed by atoms with Crippen LogP contribution in [0.15, 0.2) is 28.4 Å². The van der Waals surface area contributed by atoms with Gasteiger partial charge in [-0.2, -0.15) is 10.5 Å². The number of anilines is 1. The van der Waals surface area contributed by atoms with Crippen molar-refractivity contribution >= 4 is 27.7 Å². The normalized spacial score (nSPS) is 12.1. The Morgan fingerprint density at radius 3 is 1.74 bits per heavy atom. The van der Waals surface area contributed by atoms with Crippen molar-refractivity contribution in [3.05, 3.63) is 39.8 Å². The molecule has 0 radical (unpaired) electrons. The van der Waals surface area contributed by atoms with Gasteiger partial charge in [-0.1, -0.05) is 0 Å². The van der Waals surface area contributed by atoms with Crippen molar-refractivity contribution in [1.82, 2.24) is 0 Å². The summed E-state index contributed by atoms with van der Waals surface area (Å²) in [7, 11) is 0. The van der Waals surface area contributed by atoms with Gasteiger partial charge in [0.15, 0.2) is 5.00 Å². The second-order valence-corrected chi connectivity index (χ2v) is 11.1. The number of nitriles is 2. The van der Waals surface area contributed by atoms with E-state index in [1.807, 2.05) is 6.07 Å². The Morgan fingerprint density at radius 2 is 1.32 bits per heavy atom. The van der Waals surface area contributed by atoms with Crippen LogP contribution in [0, 0.1) is 36.5 Å². The SMILES string of the molecule is CC[N+](CC)(CC)CCN(CC[N+](CC)(CC)CC)c1ccc(/N=N/c2sc(C#N)c(C)c2C#N)c(C)c1. The molecule has 0 bridgehead atoms. The molecule has 0 saturated carbocycles. The molecule has 0 aliphatic heterocycles. The number of azo groups is 1. The maximum atomic E-state index is 9.52. The molecule has 0 saturated heterocycles. The van der Waals surface area contributed by atoms with Gasteiger partial charge in [0.1, 0.15) is 17.0 Å². The van der Waals surface area contributed by atoms with E-state index < -0.39 is 0 Å². The van der Waals surface area contributed by atoms with E-state index in [4.69, 9.17) is 0 Å². The van der Waals surface area contributed by atoms with Crippen LogP contribution in [0.1, 0.15) is 63.1 Å². The van der Waals surface area contributed by atoms with Crippen molar-refractivity contribution < 1.29 is 8.97 Å². The van der Waals surface area contributed by atoms with Gasteiger partial charge in [-0.3, -0.25) is 0 Å². The lowest BCUT2D eigenvalue weighted by Crippen LogP contribution is -2.54. The zero-order valence-corrected chi connectivity index (χ0v) is 25.7. The fourth-order valence-electron chi connectivity index (χ4n) is 5.18. The highest BCUT2D eigenvalue weighted by molar-refractivity contribution is 7.16. The van der Waals surface area contributed by atoms with E-state index in [0.717, 1.165) is 85.7 Å². The number of nitrogens with zero attached hydrogens (tertiary/aromatic N) is 7. The molecular weight excluding hydrogens is 490 g/mol. The number of hydrogen-bond acceptors (Lipinski definition) is 6. The molecule has 8 heteroatoms. The van der Waals surface area contributed by atoms with Crippen molar-refractivity contribution in [3.8, 4) is 12.1 Å². The molecule has 0 unspecified atom stereocenters. The molecule has 7 nitrogen and oxygen atoms in total. The molecule has 0 amide bonds. The molecular formula is C30H47N7S+2. The van der Waals surface area contributed by atoms with Gasteiger partial charge in [0, 0.05) is 5.69 Å². The lowest BCUT2D eigenvalue weighted by molar-refractivity contribution is -0.923. The second kappa shape index (κ2) is 14.4. The first kappa shape index (κ1) is 31.4. The molecule has 0 N–H and O–H groups in total. The molecule has 1 aromatic carbocycles. The number of quaternary nitrogens is 2. The van der Waals surface area contributed by atoms with Gasteiger partial charge in [0.05, 0.1) is 76.7 Å². The first-order chi connectivity index (χ1) is 18.2. The minimum Gasteiger partial charge on any atom is -0.360 e. The van der Waals surface area contributed by atoms with Gasteiger partial charge in [0.25, 0.3) is 0 Å². The smallest absolute Gasteiger partial charge is 0.158 e. The Labute approximate surface area is 234 Å². The molecule has 206 valence electrons.